The quantitative estimate of drug-likeness (QED) is 0.497. The Balaban J connectivity index is 2.77. The lowest BCUT2D eigenvalue weighted by Gasteiger charge is -1.99. The average molecular weight is 193 g/mol. The summed E-state index contributed by atoms with van der Waals surface area (Å²) in [7, 11) is 1.40. The van der Waals surface area contributed by atoms with E-state index >= 15 is 0 Å². The van der Waals surface area contributed by atoms with E-state index in [1.54, 1.807) is 6.92 Å². The highest BCUT2D eigenvalue weighted by molar-refractivity contribution is 5.78. The number of allylic oxidation sites excluding steroid dienone is 2. The number of carbonyl (C=O) groups is 1. The largest absolute Gasteiger partial charge is 0.469 e. The van der Waals surface area contributed by atoms with Crippen molar-refractivity contribution in [3.63, 3.8) is 0 Å². The maximum Gasteiger partial charge on any atom is 0.309 e. The van der Waals surface area contributed by atoms with E-state index in [4.69, 9.17) is 10.00 Å². The van der Waals surface area contributed by atoms with Crippen molar-refractivity contribution in [2.24, 2.45) is 17.3 Å². The summed E-state index contributed by atoms with van der Waals surface area (Å²) in [5, 5.41) is 8.63. The van der Waals surface area contributed by atoms with Gasteiger partial charge < -0.3 is 4.74 Å². The van der Waals surface area contributed by atoms with Crippen LogP contribution in [0.25, 0.3) is 0 Å². The average Bonchev–Trinajstić information content (AvgIpc) is 2.67. The van der Waals surface area contributed by atoms with Crippen molar-refractivity contribution < 1.29 is 9.53 Å². The van der Waals surface area contributed by atoms with Gasteiger partial charge in [-0.25, -0.2) is 0 Å². The summed E-state index contributed by atoms with van der Waals surface area (Å²) in [6, 6.07) is 2.06. The van der Waals surface area contributed by atoms with E-state index in [9.17, 15) is 4.79 Å². The molecule has 2 unspecified atom stereocenters. The zero-order valence-electron chi connectivity index (χ0n) is 9.00. The minimum absolute atomic E-state index is 0.0643. The van der Waals surface area contributed by atoms with Gasteiger partial charge in [-0.3, -0.25) is 4.79 Å². The topological polar surface area (TPSA) is 50.1 Å². The Morgan fingerprint density at radius 2 is 2.14 bits per heavy atom. The van der Waals surface area contributed by atoms with Gasteiger partial charge in [-0.15, -0.1) is 0 Å². The molecule has 1 aliphatic carbocycles. The number of methoxy groups -OCH3 is 1. The number of hydrogen-bond acceptors (Lipinski definition) is 3. The minimum Gasteiger partial charge on any atom is -0.469 e. The number of nitriles is 1. The molecule has 0 aromatic rings. The van der Waals surface area contributed by atoms with Crippen LogP contribution in [0.2, 0.25) is 0 Å². The van der Waals surface area contributed by atoms with Crippen molar-refractivity contribution in [3.8, 4) is 6.07 Å². The Kier molecular flexibility index (Phi) is 2.66. The molecule has 0 aliphatic heterocycles. The fourth-order valence-electron chi connectivity index (χ4n) is 1.87. The summed E-state index contributed by atoms with van der Waals surface area (Å²) in [4.78, 5) is 11.3. The van der Waals surface area contributed by atoms with E-state index in [0.717, 1.165) is 0 Å². The molecule has 0 radical (unpaired) electrons. The molecule has 14 heavy (non-hydrogen) atoms. The van der Waals surface area contributed by atoms with E-state index in [-0.39, 0.29) is 23.2 Å². The molecule has 0 amide bonds. The molecule has 1 saturated carbocycles. The van der Waals surface area contributed by atoms with Crippen LogP contribution < -0.4 is 0 Å². The number of rotatable bonds is 2. The SMILES string of the molecule is COC(=O)C1C(C=C(C)C#N)C1(C)C. The Bertz CT molecular complexity index is 323. The molecule has 0 bridgehead atoms. The first-order valence-corrected chi connectivity index (χ1v) is 4.61. The maximum absolute atomic E-state index is 11.3. The summed E-state index contributed by atoms with van der Waals surface area (Å²) in [6.07, 6.45) is 1.86. The van der Waals surface area contributed by atoms with Gasteiger partial charge in [-0.05, 0) is 18.3 Å². The summed E-state index contributed by atoms with van der Waals surface area (Å²) in [5.74, 6) is -0.118. The molecule has 0 spiro atoms. The van der Waals surface area contributed by atoms with Crippen LogP contribution in [0.4, 0.5) is 0 Å². The maximum atomic E-state index is 11.3. The van der Waals surface area contributed by atoms with Crippen molar-refractivity contribution in [1.82, 2.24) is 0 Å². The molecule has 1 aliphatic rings. The van der Waals surface area contributed by atoms with E-state index in [1.165, 1.54) is 7.11 Å². The van der Waals surface area contributed by atoms with Crippen molar-refractivity contribution in [2.45, 2.75) is 20.8 Å². The van der Waals surface area contributed by atoms with Gasteiger partial charge in [0, 0.05) is 5.57 Å². The molecular weight excluding hydrogens is 178 g/mol. The number of carbonyl (C=O) groups excluding carboxylic acids is 1. The third-order valence-corrected chi connectivity index (χ3v) is 2.97. The number of nitrogens with zero attached hydrogens (tertiary/aromatic N) is 1. The lowest BCUT2D eigenvalue weighted by Crippen LogP contribution is -2.07. The highest BCUT2D eigenvalue weighted by atomic mass is 16.5. The zero-order valence-corrected chi connectivity index (χ0v) is 9.00. The minimum atomic E-state index is -0.179. The first-order chi connectivity index (χ1) is 6.45. The lowest BCUT2D eigenvalue weighted by molar-refractivity contribution is -0.143. The molecule has 3 nitrogen and oxygen atoms in total. The van der Waals surface area contributed by atoms with Crippen LogP contribution in [0.5, 0.6) is 0 Å². The second kappa shape index (κ2) is 3.45. The van der Waals surface area contributed by atoms with E-state index in [0.29, 0.717) is 5.57 Å². The molecule has 3 heteroatoms. The molecule has 1 rings (SSSR count). The fourth-order valence-corrected chi connectivity index (χ4v) is 1.87. The molecular formula is C11H15NO2. The molecule has 0 N–H and O–H groups in total. The molecule has 0 heterocycles. The highest BCUT2D eigenvalue weighted by Gasteiger charge is 2.61. The molecule has 1 fully saturated rings. The first kappa shape index (κ1) is 10.8. The number of esters is 1. The number of ether oxygens (including phenoxy) is 1. The third-order valence-electron chi connectivity index (χ3n) is 2.97. The monoisotopic (exact) mass is 193 g/mol. The molecule has 0 aromatic heterocycles. The second-order valence-electron chi connectivity index (χ2n) is 4.31. The van der Waals surface area contributed by atoms with Crippen molar-refractivity contribution >= 4 is 5.97 Å². The summed E-state index contributed by atoms with van der Waals surface area (Å²) < 4.78 is 4.70. The molecule has 76 valence electrons. The van der Waals surface area contributed by atoms with Crippen LogP contribution in [0.3, 0.4) is 0 Å². The van der Waals surface area contributed by atoms with Crippen molar-refractivity contribution in [3.05, 3.63) is 11.6 Å². The third kappa shape index (κ3) is 1.65. The summed E-state index contributed by atoms with van der Waals surface area (Å²) in [5.41, 5.74) is 0.597. The standard InChI is InChI=1S/C11H15NO2/c1-7(6-12)5-8-9(10(13)14-4)11(8,2)3/h5,8-9H,1-4H3. The first-order valence-electron chi connectivity index (χ1n) is 4.61. The fraction of sp³-hybridized carbons (Fsp3) is 0.636. The smallest absolute Gasteiger partial charge is 0.309 e. The Morgan fingerprint density at radius 1 is 1.57 bits per heavy atom. The summed E-state index contributed by atoms with van der Waals surface area (Å²) >= 11 is 0. The van der Waals surface area contributed by atoms with Gasteiger partial charge >= 0.3 is 5.97 Å². The van der Waals surface area contributed by atoms with E-state index < -0.39 is 0 Å². The van der Waals surface area contributed by atoms with Crippen LogP contribution >= 0.6 is 0 Å². The predicted octanol–water partition coefficient (Wildman–Crippen LogP) is 1.90. The van der Waals surface area contributed by atoms with E-state index in [2.05, 4.69) is 6.07 Å². The van der Waals surface area contributed by atoms with Gasteiger partial charge in [0.05, 0.1) is 19.1 Å². The van der Waals surface area contributed by atoms with Gasteiger partial charge in [0.15, 0.2) is 0 Å². The highest BCUT2D eigenvalue weighted by Crippen LogP contribution is 2.59. The Morgan fingerprint density at radius 3 is 2.57 bits per heavy atom. The zero-order chi connectivity index (χ0) is 10.9. The molecule has 2 atom stereocenters. The van der Waals surface area contributed by atoms with Crippen LogP contribution in [0, 0.1) is 28.6 Å². The summed E-state index contributed by atoms with van der Waals surface area (Å²) in [6.45, 7) is 5.78. The van der Waals surface area contributed by atoms with Gasteiger partial charge in [0.25, 0.3) is 0 Å². The van der Waals surface area contributed by atoms with Crippen molar-refractivity contribution in [2.75, 3.05) is 7.11 Å². The van der Waals surface area contributed by atoms with Gasteiger partial charge in [0.2, 0.25) is 0 Å². The number of hydrogen-bond donors (Lipinski definition) is 0. The van der Waals surface area contributed by atoms with Crippen LogP contribution in [0.15, 0.2) is 11.6 Å². The lowest BCUT2D eigenvalue weighted by atomic mass is 10.1. The molecule has 0 saturated heterocycles. The van der Waals surface area contributed by atoms with Crippen LogP contribution in [-0.2, 0) is 9.53 Å². The normalized spacial score (nSPS) is 29.2. The van der Waals surface area contributed by atoms with Crippen molar-refractivity contribution in [1.29, 1.82) is 5.26 Å². The second-order valence-corrected chi connectivity index (χ2v) is 4.31. The Labute approximate surface area is 84.4 Å². The van der Waals surface area contributed by atoms with Gasteiger partial charge in [-0.2, -0.15) is 5.26 Å². The molecule has 0 aromatic carbocycles. The van der Waals surface area contributed by atoms with Crippen LogP contribution in [0.1, 0.15) is 20.8 Å². The van der Waals surface area contributed by atoms with Crippen LogP contribution in [-0.4, -0.2) is 13.1 Å². The van der Waals surface area contributed by atoms with E-state index in [1.807, 2.05) is 19.9 Å². The van der Waals surface area contributed by atoms with Gasteiger partial charge in [-0.1, -0.05) is 19.9 Å². The van der Waals surface area contributed by atoms with Gasteiger partial charge in [0.1, 0.15) is 0 Å². The Hall–Kier alpha value is -1.30. The predicted molar refractivity (Wildman–Crippen MR) is 52.1 cm³/mol.